The van der Waals surface area contributed by atoms with Gasteiger partial charge < -0.3 is 15.3 Å². The Morgan fingerprint density at radius 2 is 1.82 bits per heavy atom. The minimum absolute atomic E-state index is 0. The lowest BCUT2D eigenvalue weighted by Crippen LogP contribution is -2.39. The van der Waals surface area contributed by atoms with E-state index < -0.39 is 5.97 Å². The number of urea groups is 1. The van der Waals surface area contributed by atoms with Gasteiger partial charge in [0.2, 0.25) is 5.91 Å². The molecule has 2 heterocycles. The molecular formula is C29H33ClN4O4. The fraction of sp³-hybridized carbons (Fsp3) is 0.310. The summed E-state index contributed by atoms with van der Waals surface area (Å²) in [5, 5.41) is 14.6. The van der Waals surface area contributed by atoms with Crippen LogP contribution in [0.25, 0.3) is 0 Å². The smallest absolute Gasteiger partial charge is 0.324 e. The second-order valence-corrected chi connectivity index (χ2v) is 9.57. The standard InChI is InChI=1S/C29H32N4O4.ClH/c1-19-6-3-4-8-25(19)31-29(37)32-26-14-13-23(17-30-26)24-7-5-15-33(28(24)36)18-21-9-11-22(12-10-21)20(2)16-27(34)35;/h3-4,6,8-14,17,20,24H,5,7,15-16,18H2,1-2H3,(H,34,35)(H2,30,31,32,37);1H/t20-,24?;/m1./s1. The zero-order valence-corrected chi connectivity index (χ0v) is 22.3. The molecule has 1 fully saturated rings. The molecule has 3 aromatic rings. The molecular weight excluding hydrogens is 504 g/mol. The van der Waals surface area contributed by atoms with Crippen molar-refractivity contribution in [2.75, 3.05) is 17.2 Å². The maximum Gasteiger partial charge on any atom is 0.324 e. The Labute approximate surface area is 228 Å². The first-order chi connectivity index (χ1) is 17.8. The molecule has 2 aromatic carbocycles. The Kier molecular flexibility index (Phi) is 9.85. The van der Waals surface area contributed by atoms with E-state index in [1.54, 1.807) is 12.3 Å². The van der Waals surface area contributed by atoms with Gasteiger partial charge in [0, 0.05) is 25.0 Å². The molecule has 0 saturated carbocycles. The topological polar surface area (TPSA) is 112 Å². The van der Waals surface area contributed by atoms with Crippen LogP contribution in [0.1, 0.15) is 60.3 Å². The number of amides is 3. The zero-order chi connectivity index (χ0) is 26.4. The van der Waals surface area contributed by atoms with Crippen LogP contribution in [0, 0.1) is 6.92 Å². The molecule has 3 amide bonds. The summed E-state index contributed by atoms with van der Waals surface area (Å²) in [5.41, 5.74) is 4.51. The number of aryl methyl sites for hydroxylation is 1. The minimum atomic E-state index is -0.814. The number of para-hydroxylation sites is 1. The fourth-order valence-corrected chi connectivity index (χ4v) is 4.63. The number of halogens is 1. The van der Waals surface area contributed by atoms with Crippen LogP contribution in [-0.2, 0) is 16.1 Å². The van der Waals surface area contributed by atoms with Crippen LogP contribution in [0.15, 0.2) is 66.9 Å². The molecule has 1 aliphatic heterocycles. The number of nitrogens with one attached hydrogen (secondary N) is 2. The maximum absolute atomic E-state index is 13.3. The van der Waals surface area contributed by atoms with Gasteiger partial charge in [0.15, 0.2) is 0 Å². The number of nitrogens with zero attached hydrogens (tertiary/aromatic N) is 2. The first kappa shape index (κ1) is 28.7. The number of hydrogen-bond donors (Lipinski definition) is 3. The van der Waals surface area contributed by atoms with Gasteiger partial charge in [0.1, 0.15) is 5.82 Å². The van der Waals surface area contributed by atoms with Crippen LogP contribution in [-0.4, -0.2) is 39.4 Å². The van der Waals surface area contributed by atoms with Crippen LogP contribution in [0.4, 0.5) is 16.3 Å². The molecule has 4 rings (SSSR count). The quantitative estimate of drug-likeness (QED) is 0.330. The van der Waals surface area contributed by atoms with Gasteiger partial charge >= 0.3 is 12.0 Å². The Hall–Kier alpha value is -3.91. The number of rotatable bonds is 8. The highest BCUT2D eigenvalue weighted by Crippen LogP contribution is 2.29. The molecule has 38 heavy (non-hydrogen) atoms. The second-order valence-electron chi connectivity index (χ2n) is 9.57. The van der Waals surface area contributed by atoms with Crippen LogP contribution < -0.4 is 10.6 Å². The van der Waals surface area contributed by atoms with Crippen molar-refractivity contribution < 1.29 is 19.5 Å². The van der Waals surface area contributed by atoms with Crippen molar-refractivity contribution in [2.45, 2.75) is 51.5 Å². The van der Waals surface area contributed by atoms with Crippen molar-refractivity contribution in [3.8, 4) is 0 Å². The molecule has 1 aromatic heterocycles. The average Bonchev–Trinajstić information content (AvgIpc) is 2.87. The van der Waals surface area contributed by atoms with Crippen molar-refractivity contribution in [1.29, 1.82) is 0 Å². The molecule has 200 valence electrons. The lowest BCUT2D eigenvalue weighted by Gasteiger charge is -2.32. The molecule has 0 bridgehead atoms. The van der Waals surface area contributed by atoms with Gasteiger partial charge in [-0.3, -0.25) is 14.9 Å². The van der Waals surface area contributed by atoms with E-state index in [-0.39, 0.29) is 42.6 Å². The van der Waals surface area contributed by atoms with E-state index in [9.17, 15) is 14.4 Å². The Bertz CT molecular complexity index is 1260. The summed E-state index contributed by atoms with van der Waals surface area (Å²) in [6.07, 6.45) is 3.39. The van der Waals surface area contributed by atoms with Crippen LogP contribution in [0.5, 0.6) is 0 Å². The Morgan fingerprint density at radius 3 is 2.47 bits per heavy atom. The molecule has 1 saturated heterocycles. The monoisotopic (exact) mass is 536 g/mol. The van der Waals surface area contributed by atoms with Gasteiger partial charge in [-0.2, -0.15) is 0 Å². The molecule has 8 nitrogen and oxygen atoms in total. The van der Waals surface area contributed by atoms with E-state index in [1.807, 2.05) is 73.3 Å². The number of aromatic nitrogens is 1. The van der Waals surface area contributed by atoms with E-state index in [4.69, 9.17) is 5.11 Å². The Morgan fingerprint density at radius 1 is 1.08 bits per heavy atom. The van der Waals surface area contributed by atoms with Gasteiger partial charge in [-0.15, -0.1) is 12.4 Å². The summed E-state index contributed by atoms with van der Waals surface area (Å²) in [6, 6.07) is 18.5. The number of carbonyl (C=O) groups is 3. The SMILES string of the molecule is Cc1ccccc1NC(=O)Nc1ccc(C2CCCN(Cc3ccc([C@H](C)CC(=O)O)cc3)C2=O)cn1.Cl. The van der Waals surface area contributed by atoms with E-state index >= 15 is 0 Å². The molecule has 9 heteroatoms. The second kappa shape index (κ2) is 13.1. The number of aliphatic carboxylic acids is 1. The maximum atomic E-state index is 13.3. The summed E-state index contributed by atoms with van der Waals surface area (Å²) in [4.78, 5) is 42.8. The van der Waals surface area contributed by atoms with Gasteiger partial charge in [0.25, 0.3) is 0 Å². The average molecular weight is 537 g/mol. The minimum Gasteiger partial charge on any atom is -0.481 e. The van der Waals surface area contributed by atoms with Crippen molar-refractivity contribution >= 4 is 41.8 Å². The summed E-state index contributed by atoms with van der Waals surface area (Å²) < 4.78 is 0. The van der Waals surface area contributed by atoms with Crippen molar-refractivity contribution in [3.05, 3.63) is 89.1 Å². The van der Waals surface area contributed by atoms with E-state index in [0.717, 1.165) is 40.8 Å². The van der Waals surface area contributed by atoms with Crippen molar-refractivity contribution in [3.63, 3.8) is 0 Å². The van der Waals surface area contributed by atoms with Crippen molar-refractivity contribution in [2.24, 2.45) is 0 Å². The summed E-state index contributed by atoms with van der Waals surface area (Å²) in [7, 11) is 0. The normalized spacial score (nSPS) is 15.8. The highest BCUT2D eigenvalue weighted by molar-refractivity contribution is 5.99. The van der Waals surface area contributed by atoms with E-state index in [2.05, 4.69) is 15.6 Å². The number of anilines is 2. The van der Waals surface area contributed by atoms with Crippen LogP contribution in [0.3, 0.4) is 0 Å². The lowest BCUT2D eigenvalue weighted by molar-refractivity contribution is -0.137. The third kappa shape index (κ3) is 7.32. The van der Waals surface area contributed by atoms with Gasteiger partial charge in [-0.25, -0.2) is 9.78 Å². The predicted molar refractivity (Wildman–Crippen MR) is 150 cm³/mol. The molecule has 0 aliphatic carbocycles. The molecule has 1 unspecified atom stereocenters. The summed E-state index contributed by atoms with van der Waals surface area (Å²) in [6.45, 7) is 5.02. The Balaban J connectivity index is 0.00000400. The number of carbonyl (C=O) groups excluding carboxylic acids is 2. The van der Waals surface area contributed by atoms with Crippen LogP contribution >= 0.6 is 12.4 Å². The first-order valence-corrected chi connectivity index (χ1v) is 12.5. The van der Waals surface area contributed by atoms with Crippen molar-refractivity contribution in [1.82, 2.24) is 9.88 Å². The highest BCUT2D eigenvalue weighted by Gasteiger charge is 2.30. The van der Waals surface area contributed by atoms with E-state index in [1.165, 1.54) is 0 Å². The number of pyridine rings is 1. The van der Waals surface area contributed by atoms with Gasteiger partial charge in [0.05, 0.1) is 12.3 Å². The predicted octanol–water partition coefficient (Wildman–Crippen LogP) is 5.94. The molecule has 1 aliphatic rings. The number of hydrogen-bond acceptors (Lipinski definition) is 4. The zero-order valence-electron chi connectivity index (χ0n) is 21.5. The van der Waals surface area contributed by atoms with Crippen LogP contribution in [0.2, 0.25) is 0 Å². The number of piperidine rings is 1. The third-order valence-electron chi connectivity index (χ3n) is 6.76. The summed E-state index contributed by atoms with van der Waals surface area (Å²) >= 11 is 0. The summed E-state index contributed by atoms with van der Waals surface area (Å²) in [5.74, 6) is -0.677. The fourth-order valence-electron chi connectivity index (χ4n) is 4.63. The number of carboxylic acid groups (broad SMARTS) is 1. The molecule has 0 radical (unpaired) electrons. The molecule has 0 spiro atoms. The number of benzene rings is 2. The molecule has 3 N–H and O–H groups in total. The largest absolute Gasteiger partial charge is 0.481 e. The van der Waals surface area contributed by atoms with Gasteiger partial charge in [-0.05, 0) is 60.1 Å². The third-order valence-corrected chi connectivity index (χ3v) is 6.76. The highest BCUT2D eigenvalue weighted by atomic mass is 35.5. The number of likely N-dealkylation sites (tertiary alicyclic amines) is 1. The van der Waals surface area contributed by atoms with E-state index in [0.29, 0.717) is 18.9 Å². The lowest BCUT2D eigenvalue weighted by atomic mass is 9.90. The first-order valence-electron chi connectivity index (χ1n) is 12.5. The molecule has 2 atom stereocenters. The number of carboxylic acids is 1. The van der Waals surface area contributed by atoms with Gasteiger partial charge in [-0.1, -0.05) is 55.5 Å².